The molecule has 1 aromatic rings. The highest BCUT2D eigenvalue weighted by Crippen LogP contribution is 2.26. The maximum atomic E-state index is 12.4. The topological polar surface area (TPSA) is 32.3 Å². The van der Waals surface area contributed by atoms with Gasteiger partial charge in [-0.3, -0.25) is 4.79 Å². The zero-order chi connectivity index (χ0) is 13.7. The molecule has 1 atom stereocenters. The van der Waals surface area contributed by atoms with Crippen molar-refractivity contribution in [1.82, 2.24) is 10.2 Å². The molecule has 0 spiro atoms. The van der Waals surface area contributed by atoms with Crippen LogP contribution < -0.4 is 5.32 Å². The predicted molar refractivity (Wildman–Crippen MR) is 78.0 cm³/mol. The van der Waals surface area contributed by atoms with Gasteiger partial charge >= 0.3 is 0 Å². The van der Waals surface area contributed by atoms with Gasteiger partial charge in [0.05, 0.1) is 5.41 Å². The Bertz CT molecular complexity index is 410. The van der Waals surface area contributed by atoms with Crippen molar-refractivity contribution in [2.75, 3.05) is 26.7 Å². The Morgan fingerprint density at radius 1 is 1.37 bits per heavy atom. The molecular weight excluding hydrogens is 236 g/mol. The lowest BCUT2D eigenvalue weighted by atomic mass is 9.88. The monoisotopic (exact) mass is 260 g/mol. The number of carbonyl (C=O) groups is 1. The molecule has 0 aromatic heterocycles. The van der Waals surface area contributed by atoms with E-state index in [0.717, 1.165) is 38.9 Å². The summed E-state index contributed by atoms with van der Waals surface area (Å²) in [7, 11) is 1.93. The zero-order valence-electron chi connectivity index (χ0n) is 12.0. The Hall–Kier alpha value is -1.35. The molecular formula is C16H24N2O. The van der Waals surface area contributed by atoms with Gasteiger partial charge in [-0.2, -0.15) is 0 Å². The van der Waals surface area contributed by atoms with E-state index in [-0.39, 0.29) is 11.3 Å². The second-order valence-corrected chi connectivity index (χ2v) is 5.80. The van der Waals surface area contributed by atoms with Crippen molar-refractivity contribution in [1.29, 1.82) is 0 Å². The van der Waals surface area contributed by atoms with Crippen LogP contribution >= 0.6 is 0 Å². The van der Waals surface area contributed by atoms with E-state index in [1.54, 1.807) is 0 Å². The zero-order valence-corrected chi connectivity index (χ0v) is 12.0. The maximum absolute atomic E-state index is 12.4. The average Bonchev–Trinajstić information content (AvgIpc) is 2.87. The van der Waals surface area contributed by atoms with Crippen LogP contribution in [0.5, 0.6) is 0 Å². The van der Waals surface area contributed by atoms with Crippen molar-refractivity contribution in [2.24, 2.45) is 5.41 Å². The normalized spacial score (nSPS) is 22.4. The fourth-order valence-corrected chi connectivity index (χ4v) is 2.73. The number of aryl methyl sites for hydroxylation is 1. The fourth-order valence-electron chi connectivity index (χ4n) is 2.73. The van der Waals surface area contributed by atoms with Crippen LogP contribution in [0, 0.1) is 5.41 Å². The van der Waals surface area contributed by atoms with Gasteiger partial charge < -0.3 is 10.2 Å². The number of hydrogen-bond donors (Lipinski definition) is 1. The van der Waals surface area contributed by atoms with Gasteiger partial charge in [0.2, 0.25) is 5.91 Å². The third-order valence-corrected chi connectivity index (χ3v) is 4.03. The first-order chi connectivity index (χ1) is 9.12. The van der Waals surface area contributed by atoms with Gasteiger partial charge in [0.1, 0.15) is 0 Å². The molecule has 1 aliphatic rings. The van der Waals surface area contributed by atoms with E-state index >= 15 is 0 Å². The number of nitrogens with one attached hydrogen (secondary N) is 1. The van der Waals surface area contributed by atoms with Gasteiger partial charge in [0.25, 0.3) is 0 Å². The lowest BCUT2D eigenvalue weighted by molar-refractivity contribution is -0.138. The first-order valence-electron chi connectivity index (χ1n) is 7.12. The van der Waals surface area contributed by atoms with Crippen LogP contribution in [0.15, 0.2) is 30.3 Å². The van der Waals surface area contributed by atoms with E-state index < -0.39 is 0 Å². The molecule has 19 heavy (non-hydrogen) atoms. The fraction of sp³-hybridized carbons (Fsp3) is 0.562. The van der Waals surface area contributed by atoms with Gasteiger partial charge in [-0.25, -0.2) is 0 Å². The molecule has 3 heteroatoms. The summed E-state index contributed by atoms with van der Waals surface area (Å²) in [5, 5.41) is 3.28. The van der Waals surface area contributed by atoms with Crippen molar-refractivity contribution in [2.45, 2.75) is 26.2 Å². The van der Waals surface area contributed by atoms with Crippen LogP contribution in [0.25, 0.3) is 0 Å². The van der Waals surface area contributed by atoms with Crippen molar-refractivity contribution in [3.8, 4) is 0 Å². The summed E-state index contributed by atoms with van der Waals surface area (Å²) in [5.74, 6) is 0.283. The molecule has 0 saturated carbocycles. The first-order valence-corrected chi connectivity index (χ1v) is 7.12. The van der Waals surface area contributed by atoms with Crippen LogP contribution in [-0.2, 0) is 11.2 Å². The number of rotatable bonds is 5. The highest BCUT2D eigenvalue weighted by Gasteiger charge is 2.37. The molecule has 1 aromatic carbocycles. The Labute approximate surface area is 116 Å². The third-order valence-electron chi connectivity index (χ3n) is 4.03. The number of amides is 1. The minimum absolute atomic E-state index is 0.193. The Morgan fingerprint density at radius 2 is 2.11 bits per heavy atom. The van der Waals surface area contributed by atoms with Gasteiger partial charge in [0.15, 0.2) is 0 Å². The lowest BCUT2D eigenvalue weighted by Gasteiger charge is -2.28. The molecule has 2 rings (SSSR count). The summed E-state index contributed by atoms with van der Waals surface area (Å²) in [6, 6.07) is 10.5. The Balaban J connectivity index is 1.78. The summed E-state index contributed by atoms with van der Waals surface area (Å²) in [4.78, 5) is 14.3. The highest BCUT2D eigenvalue weighted by molar-refractivity contribution is 5.82. The molecule has 1 amide bonds. The first kappa shape index (κ1) is 14.1. The lowest BCUT2D eigenvalue weighted by Crippen LogP contribution is -2.42. The molecule has 1 saturated heterocycles. The van der Waals surface area contributed by atoms with Crippen LogP contribution in [0.2, 0.25) is 0 Å². The largest absolute Gasteiger partial charge is 0.345 e. The van der Waals surface area contributed by atoms with Gasteiger partial charge in [-0.05, 0) is 38.3 Å². The average molecular weight is 260 g/mol. The molecule has 1 fully saturated rings. The predicted octanol–water partition coefficient (Wildman–Crippen LogP) is 2.08. The molecule has 104 valence electrons. The van der Waals surface area contributed by atoms with E-state index in [2.05, 4.69) is 36.5 Å². The standard InChI is InChI=1S/C16H24N2O/c1-16(10-11-17-13-16)15(19)18(2)12-6-9-14-7-4-3-5-8-14/h3-5,7-8,17H,6,9-13H2,1-2H3. The van der Waals surface area contributed by atoms with Crippen LogP contribution in [-0.4, -0.2) is 37.5 Å². The van der Waals surface area contributed by atoms with Crippen LogP contribution in [0.3, 0.4) is 0 Å². The van der Waals surface area contributed by atoms with Crippen molar-refractivity contribution in [3.63, 3.8) is 0 Å². The van der Waals surface area contributed by atoms with Gasteiger partial charge in [0, 0.05) is 20.1 Å². The number of nitrogens with zero attached hydrogens (tertiary/aromatic N) is 1. The minimum Gasteiger partial charge on any atom is -0.345 e. The Morgan fingerprint density at radius 3 is 2.74 bits per heavy atom. The summed E-state index contributed by atoms with van der Waals surface area (Å²) < 4.78 is 0. The van der Waals surface area contributed by atoms with Crippen LogP contribution in [0.1, 0.15) is 25.3 Å². The number of hydrogen-bond acceptors (Lipinski definition) is 2. The third kappa shape index (κ3) is 3.57. The number of carbonyl (C=O) groups excluding carboxylic acids is 1. The van der Waals surface area contributed by atoms with Crippen molar-refractivity contribution in [3.05, 3.63) is 35.9 Å². The van der Waals surface area contributed by atoms with E-state index in [0.29, 0.717) is 0 Å². The summed E-state index contributed by atoms with van der Waals surface area (Å²) in [6.07, 6.45) is 3.01. The molecule has 1 aliphatic heterocycles. The van der Waals surface area contributed by atoms with E-state index in [1.807, 2.05) is 18.0 Å². The van der Waals surface area contributed by atoms with E-state index in [4.69, 9.17) is 0 Å². The molecule has 1 N–H and O–H groups in total. The molecule has 1 heterocycles. The quantitative estimate of drug-likeness (QED) is 0.879. The van der Waals surface area contributed by atoms with Gasteiger partial charge in [-0.1, -0.05) is 30.3 Å². The molecule has 1 unspecified atom stereocenters. The second kappa shape index (κ2) is 6.20. The number of benzene rings is 1. The highest BCUT2D eigenvalue weighted by atomic mass is 16.2. The van der Waals surface area contributed by atoms with Gasteiger partial charge in [-0.15, -0.1) is 0 Å². The second-order valence-electron chi connectivity index (χ2n) is 5.80. The van der Waals surface area contributed by atoms with E-state index in [1.165, 1.54) is 5.56 Å². The Kier molecular flexibility index (Phi) is 4.59. The summed E-state index contributed by atoms with van der Waals surface area (Å²) in [6.45, 7) is 4.68. The van der Waals surface area contributed by atoms with E-state index in [9.17, 15) is 4.79 Å². The summed E-state index contributed by atoms with van der Waals surface area (Å²) in [5.41, 5.74) is 1.15. The van der Waals surface area contributed by atoms with Crippen LogP contribution in [0.4, 0.5) is 0 Å². The van der Waals surface area contributed by atoms with Crippen molar-refractivity contribution >= 4 is 5.91 Å². The summed E-state index contributed by atoms with van der Waals surface area (Å²) >= 11 is 0. The van der Waals surface area contributed by atoms with Crippen molar-refractivity contribution < 1.29 is 4.79 Å². The molecule has 0 bridgehead atoms. The maximum Gasteiger partial charge on any atom is 0.229 e. The molecule has 0 aliphatic carbocycles. The SMILES string of the molecule is CN(CCCc1ccccc1)C(=O)C1(C)CCNC1. The molecule has 0 radical (unpaired) electrons. The molecule has 3 nitrogen and oxygen atoms in total. The minimum atomic E-state index is -0.193. The smallest absolute Gasteiger partial charge is 0.229 e.